The lowest BCUT2D eigenvalue weighted by Gasteiger charge is -2.29. The van der Waals surface area contributed by atoms with Gasteiger partial charge in [-0.25, -0.2) is 4.79 Å². The number of carbonyl (C=O) groups is 6. The van der Waals surface area contributed by atoms with Gasteiger partial charge in [-0.3, -0.25) is 24.1 Å². The predicted molar refractivity (Wildman–Crippen MR) is 108 cm³/mol. The third kappa shape index (κ3) is 7.28. The van der Waals surface area contributed by atoms with Gasteiger partial charge in [-0.15, -0.1) is 5.06 Å². The lowest BCUT2D eigenvalue weighted by Crippen LogP contribution is -2.38. The lowest BCUT2D eigenvalue weighted by molar-refractivity contribution is -0.305. The Labute approximate surface area is 186 Å². The third-order valence-corrected chi connectivity index (χ3v) is 5.69. The maximum Gasteiger partial charge on any atom is 0.336 e. The molecule has 0 radical (unpaired) electrons. The minimum atomic E-state index is -0.932. The molecule has 2 aliphatic heterocycles. The maximum atomic E-state index is 12.1. The Hall–Kier alpha value is -3.04. The smallest absolute Gasteiger partial charge is 0.336 e. The van der Waals surface area contributed by atoms with Crippen molar-refractivity contribution in [2.45, 2.75) is 71.1 Å². The van der Waals surface area contributed by atoms with Gasteiger partial charge >= 0.3 is 5.97 Å². The zero-order valence-electron chi connectivity index (χ0n) is 18.2. The van der Waals surface area contributed by atoms with Crippen LogP contribution in [0.15, 0.2) is 12.2 Å². The van der Waals surface area contributed by atoms with Crippen LogP contribution in [0, 0.1) is 11.8 Å². The topological polar surface area (TPSA) is 141 Å². The van der Waals surface area contributed by atoms with E-state index in [1.807, 2.05) is 6.92 Å². The quantitative estimate of drug-likeness (QED) is 0.388. The zero-order valence-corrected chi connectivity index (χ0v) is 18.2. The van der Waals surface area contributed by atoms with Crippen molar-refractivity contribution in [2.24, 2.45) is 11.8 Å². The van der Waals surface area contributed by atoms with E-state index in [2.05, 4.69) is 0 Å². The number of carboxylic acid groups (broad SMARTS) is 1. The van der Waals surface area contributed by atoms with Crippen molar-refractivity contribution in [1.29, 1.82) is 0 Å². The van der Waals surface area contributed by atoms with Gasteiger partial charge in [-0.05, 0) is 44.4 Å². The summed E-state index contributed by atoms with van der Waals surface area (Å²) in [5, 5.41) is 10.3. The Kier molecular flexibility index (Phi) is 9.55. The minimum absolute atomic E-state index is 0.0742. The van der Waals surface area contributed by atoms with Gasteiger partial charge in [0.1, 0.15) is 0 Å². The van der Waals surface area contributed by atoms with Gasteiger partial charge in [0.25, 0.3) is 23.6 Å². The molecule has 1 saturated heterocycles. The first-order chi connectivity index (χ1) is 15.2. The van der Waals surface area contributed by atoms with Gasteiger partial charge in [0.2, 0.25) is 0 Å². The second kappa shape index (κ2) is 12.1. The van der Waals surface area contributed by atoms with E-state index in [9.17, 15) is 33.9 Å². The van der Waals surface area contributed by atoms with Crippen molar-refractivity contribution in [2.75, 3.05) is 6.54 Å². The van der Waals surface area contributed by atoms with E-state index in [-0.39, 0.29) is 42.9 Å². The molecule has 0 spiro atoms. The monoisotopic (exact) mass is 449 g/mol. The number of carbonyl (C=O) groups excluding carboxylic acids is 6. The molecular formula is C22H29N2O8-. The van der Waals surface area contributed by atoms with Gasteiger partial charge in [-0.2, -0.15) is 0 Å². The van der Waals surface area contributed by atoms with Gasteiger partial charge in [0.15, 0.2) is 0 Å². The fraction of sp³-hybridized carbons (Fsp3) is 0.636. The van der Waals surface area contributed by atoms with Crippen LogP contribution in [-0.4, -0.2) is 52.1 Å². The summed E-state index contributed by atoms with van der Waals surface area (Å²) >= 11 is 0. The molecule has 0 aromatic carbocycles. The van der Waals surface area contributed by atoms with Crippen LogP contribution in [0.5, 0.6) is 0 Å². The van der Waals surface area contributed by atoms with Gasteiger partial charge in [0.05, 0.1) is 5.92 Å². The number of imide groups is 2. The number of unbranched alkanes of at least 4 members (excludes halogenated alkanes) is 2. The van der Waals surface area contributed by atoms with E-state index in [1.54, 1.807) is 0 Å². The highest BCUT2D eigenvalue weighted by Gasteiger charge is 2.37. The number of aliphatic carboxylic acids is 1. The van der Waals surface area contributed by atoms with Crippen molar-refractivity contribution >= 4 is 35.6 Å². The molecule has 2 fully saturated rings. The average Bonchev–Trinajstić information content (AvgIpc) is 3.25. The average molecular weight is 449 g/mol. The van der Waals surface area contributed by atoms with Crippen LogP contribution in [0.1, 0.15) is 71.1 Å². The van der Waals surface area contributed by atoms with Gasteiger partial charge in [0, 0.05) is 37.5 Å². The molecule has 0 aromatic heterocycles. The Bertz CT molecular complexity index is 749. The summed E-state index contributed by atoms with van der Waals surface area (Å²) in [6.07, 6.45) is 8.15. The lowest BCUT2D eigenvalue weighted by atomic mass is 9.82. The summed E-state index contributed by atoms with van der Waals surface area (Å²) in [4.78, 5) is 74.1. The molecule has 176 valence electrons. The molecule has 10 heteroatoms. The second-order valence-electron chi connectivity index (χ2n) is 8.16. The van der Waals surface area contributed by atoms with Crippen molar-refractivity contribution in [3.63, 3.8) is 0 Å². The van der Waals surface area contributed by atoms with Crippen molar-refractivity contribution in [3.05, 3.63) is 12.2 Å². The third-order valence-electron chi connectivity index (χ3n) is 5.69. The van der Waals surface area contributed by atoms with E-state index in [0.29, 0.717) is 37.3 Å². The van der Waals surface area contributed by atoms with Crippen LogP contribution in [0.2, 0.25) is 0 Å². The minimum Gasteiger partial charge on any atom is -0.550 e. The van der Waals surface area contributed by atoms with Gasteiger partial charge in [-0.1, -0.05) is 19.8 Å². The first kappa shape index (κ1) is 25.2. The highest BCUT2D eigenvalue weighted by atomic mass is 16.7. The molecule has 1 aliphatic carbocycles. The highest BCUT2D eigenvalue weighted by molar-refractivity contribution is 6.12. The highest BCUT2D eigenvalue weighted by Crippen LogP contribution is 2.31. The maximum absolute atomic E-state index is 12.1. The molecule has 0 aromatic rings. The van der Waals surface area contributed by atoms with Crippen molar-refractivity contribution in [3.8, 4) is 0 Å². The summed E-state index contributed by atoms with van der Waals surface area (Å²) in [6, 6.07) is 0. The molecule has 1 saturated carbocycles. The summed E-state index contributed by atoms with van der Waals surface area (Å²) in [6.45, 7) is 2.39. The van der Waals surface area contributed by atoms with Crippen LogP contribution < -0.4 is 5.11 Å². The number of hydrogen-bond acceptors (Lipinski definition) is 8. The summed E-state index contributed by atoms with van der Waals surface area (Å²) in [5.74, 6) is -3.28. The van der Waals surface area contributed by atoms with Crippen LogP contribution in [-0.2, 0) is 33.6 Å². The Morgan fingerprint density at radius 2 is 1.53 bits per heavy atom. The normalized spacial score (nSPS) is 22.8. The van der Waals surface area contributed by atoms with E-state index < -0.39 is 23.8 Å². The molecule has 2 heterocycles. The molecule has 10 nitrogen and oxygen atoms in total. The fourth-order valence-electron chi connectivity index (χ4n) is 3.79. The Morgan fingerprint density at radius 3 is 2.03 bits per heavy atom. The second-order valence-corrected chi connectivity index (χ2v) is 8.16. The molecule has 3 aliphatic rings. The van der Waals surface area contributed by atoms with E-state index in [0.717, 1.165) is 19.3 Å². The molecule has 4 amide bonds. The summed E-state index contributed by atoms with van der Waals surface area (Å²) in [7, 11) is 0. The molecule has 3 rings (SSSR count). The van der Waals surface area contributed by atoms with Crippen molar-refractivity contribution in [1.82, 2.24) is 9.96 Å². The van der Waals surface area contributed by atoms with E-state index in [4.69, 9.17) is 4.84 Å². The molecule has 32 heavy (non-hydrogen) atoms. The molecule has 0 atom stereocenters. The summed E-state index contributed by atoms with van der Waals surface area (Å²) in [5.41, 5.74) is 0. The first-order valence-electron chi connectivity index (χ1n) is 11.0. The number of amides is 4. The standard InChI is InChI=1S/C16H18N2O6.C6H12O2/c19-12-5-6-13(20)17(12)9-10-1-3-11(4-2-10)16(23)24-18-14(21)7-8-15(18)22;1-2-3-4-5-6(7)8/h5-6,10-11H,1-4,7-9H2;2-5H2,1H3,(H,7,8)/p-1. The number of rotatable bonds is 8. The van der Waals surface area contributed by atoms with E-state index >= 15 is 0 Å². The molecule has 0 N–H and O–H groups in total. The SMILES string of the molecule is CCCCCC(=O)[O-].O=C(ON1C(=O)CCC1=O)C1CCC(CN2C(=O)C=CC2=O)CC1. The molecule has 0 unspecified atom stereocenters. The number of hydrogen-bond donors (Lipinski definition) is 0. The van der Waals surface area contributed by atoms with Crippen LogP contribution in [0.3, 0.4) is 0 Å². The van der Waals surface area contributed by atoms with Crippen LogP contribution >= 0.6 is 0 Å². The van der Waals surface area contributed by atoms with Crippen molar-refractivity contribution < 1.29 is 38.7 Å². The van der Waals surface area contributed by atoms with Crippen LogP contribution in [0.4, 0.5) is 0 Å². The van der Waals surface area contributed by atoms with Crippen LogP contribution in [0.25, 0.3) is 0 Å². The van der Waals surface area contributed by atoms with E-state index in [1.165, 1.54) is 17.1 Å². The van der Waals surface area contributed by atoms with Gasteiger partial charge < -0.3 is 14.7 Å². The first-order valence-corrected chi connectivity index (χ1v) is 11.0. The zero-order chi connectivity index (χ0) is 23.7. The number of nitrogens with zero attached hydrogens (tertiary/aromatic N) is 2. The number of carboxylic acids is 1. The largest absolute Gasteiger partial charge is 0.550 e. The number of hydroxylamine groups is 2. The Morgan fingerprint density at radius 1 is 0.969 bits per heavy atom. The summed E-state index contributed by atoms with van der Waals surface area (Å²) < 4.78 is 0. The fourth-order valence-corrected chi connectivity index (χ4v) is 3.79. The molecular weight excluding hydrogens is 420 g/mol. The predicted octanol–water partition coefficient (Wildman–Crippen LogP) is 0.642. The Balaban J connectivity index is 0.000000390. The molecule has 0 bridgehead atoms.